The molecule has 0 bridgehead atoms. The highest BCUT2D eigenvalue weighted by molar-refractivity contribution is 6.05. The van der Waals surface area contributed by atoms with Crippen molar-refractivity contribution < 1.29 is 23.8 Å². The Kier molecular flexibility index (Phi) is 6.35. The summed E-state index contributed by atoms with van der Waals surface area (Å²) in [5.74, 6) is -0.400. The molecule has 0 aromatic carbocycles. The number of methoxy groups -OCH3 is 1. The molecule has 6 nitrogen and oxygen atoms in total. The van der Waals surface area contributed by atoms with Gasteiger partial charge in [0.1, 0.15) is 0 Å². The van der Waals surface area contributed by atoms with Crippen LogP contribution in [-0.2, 0) is 23.8 Å². The highest BCUT2D eigenvalue weighted by atomic mass is 16.5. The summed E-state index contributed by atoms with van der Waals surface area (Å²) < 4.78 is 15.5. The average Bonchev–Trinajstić information content (AvgIpc) is 2.75. The molecule has 2 rings (SSSR count). The number of ether oxygens (including phenoxy) is 3. The standard InChI is InChI=1S/C15H23NO5/c1-19-8-9-21-11-10-20-7-6-16-14(17)12-4-2-3-5-13(12)15(16)18/h2-3,12-13H,4-11H2,1H3. The van der Waals surface area contributed by atoms with E-state index in [9.17, 15) is 9.59 Å². The number of nitrogens with zero attached hydrogens (tertiary/aromatic N) is 1. The van der Waals surface area contributed by atoms with Crippen molar-refractivity contribution in [3.05, 3.63) is 12.2 Å². The normalized spacial score (nSPS) is 24.7. The van der Waals surface area contributed by atoms with Crippen LogP contribution in [0.1, 0.15) is 12.8 Å². The highest BCUT2D eigenvalue weighted by Crippen LogP contribution is 2.34. The summed E-state index contributed by atoms with van der Waals surface area (Å²) in [4.78, 5) is 25.7. The van der Waals surface area contributed by atoms with E-state index < -0.39 is 0 Å². The number of allylic oxidation sites excluding steroid dienone is 2. The summed E-state index contributed by atoms with van der Waals surface area (Å²) in [6, 6.07) is 0. The van der Waals surface area contributed by atoms with Gasteiger partial charge in [-0.3, -0.25) is 14.5 Å². The molecule has 21 heavy (non-hydrogen) atoms. The van der Waals surface area contributed by atoms with Gasteiger partial charge in [0, 0.05) is 7.11 Å². The van der Waals surface area contributed by atoms with Crippen molar-refractivity contribution in [3.8, 4) is 0 Å². The number of hydrogen-bond acceptors (Lipinski definition) is 5. The third-order valence-electron chi connectivity index (χ3n) is 3.86. The van der Waals surface area contributed by atoms with Crippen molar-refractivity contribution in [2.45, 2.75) is 12.8 Å². The van der Waals surface area contributed by atoms with Gasteiger partial charge in [-0.25, -0.2) is 0 Å². The smallest absolute Gasteiger partial charge is 0.233 e. The van der Waals surface area contributed by atoms with Gasteiger partial charge >= 0.3 is 0 Å². The number of carbonyl (C=O) groups is 2. The van der Waals surface area contributed by atoms with Gasteiger partial charge in [-0.2, -0.15) is 0 Å². The molecule has 1 fully saturated rings. The van der Waals surface area contributed by atoms with E-state index in [-0.39, 0.29) is 23.7 Å². The van der Waals surface area contributed by atoms with Crippen LogP contribution in [0.2, 0.25) is 0 Å². The lowest BCUT2D eigenvalue weighted by atomic mass is 9.85. The van der Waals surface area contributed by atoms with E-state index in [4.69, 9.17) is 14.2 Å². The first-order valence-electron chi connectivity index (χ1n) is 7.40. The van der Waals surface area contributed by atoms with Gasteiger partial charge < -0.3 is 14.2 Å². The summed E-state index contributed by atoms with van der Waals surface area (Å²) in [5.41, 5.74) is 0. The maximum Gasteiger partial charge on any atom is 0.233 e. The molecule has 0 aromatic rings. The van der Waals surface area contributed by atoms with E-state index in [0.29, 0.717) is 52.4 Å². The second kappa shape index (κ2) is 8.26. The second-order valence-electron chi connectivity index (χ2n) is 5.20. The minimum atomic E-state index is -0.153. The fraction of sp³-hybridized carbons (Fsp3) is 0.733. The molecule has 1 aliphatic carbocycles. The largest absolute Gasteiger partial charge is 0.382 e. The van der Waals surface area contributed by atoms with Crippen LogP contribution in [0.15, 0.2) is 12.2 Å². The van der Waals surface area contributed by atoms with Gasteiger partial charge in [0.05, 0.1) is 51.4 Å². The van der Waals surface area contributed by atoms with Crippen molar-refractivity contribution in [2.24, 2.45) is 11.8 Å². The van der Waals surface area contributed by atoms with E-state index >= 15 is 0 Å². The Morgan fingerprint density at radius 3 is 2.05 bits per heavy atom. The fourth-order valence-corrected chi connectivity index (χ4v) is 2.71. The molecule has 0 N–H and O–H groups in total. The number of carbonyl (C=O) groups excluding carboxylic acids is 2. The van der Waals surface area contributed by atoms with Crippen LogP contribution in [0.5, 0.6) is 0 Å². The predicted octanol–water partition coefficient (Wildman–Crippen LogP) is 0.617. The predicted molar refractivity (Wildman–Crippen MR) is 75.6 cm³/mol. The number of likely N-dealkylation sites (tertiary alicyclic amines) is 1. The van der Waals surface area contributed by atoms with Crippen LogP contribution >= 0.6 is 0 Å². The summed E-state index contributed by atoms with van der Waals surface area (Å²) in [7, 11) is 1.62. The van der Waals surface area contributed by atoms with Gasteiger partial charge in [-0.05, 0) is 12.8 Å². The van der Waals surface area contributed by atoms with E-state index in [1.54, 1.807) is 7.11 Å². The zero-order valence-electron chi connectivity index (χ0n) is 12.5. The number of rotatable bonds is 9. The van der Waals surface area contributed by atoms with Crippen LogP contribution in [0, 0.1) is 11.8 Å². The quantitative estimate of drug-likeness (QED) is 0.354. The zero-order chi connectivity index (χ0) is 15.1. The monoisotopic (exact) mass is 297 g/mol. The molecule has 2 aliphatic rings. The Hall–Kier alpha value is -1.24. The lowest BCUT2D eigenvalue weighted by Crippen LogP contribution is -2.34. The van der Waals surface area contributed by atoms with Gasteiger partial charge in [-0.15, -0.1) is 0 Å². The second-order valence-corrected chi connectivity index (χ2v) is 5.20. The van der Waals surface area contributed by atoms with Crippen LogP contribution in [0.3, 0.4) is 0 Å². The Labute approximate surface area is 125 Å². The maximum absolute atomic E-state index is 12.2. The van der Waals surface area contributed by atoms with Gasteiger partial charge in [0.15, 0.2) is 0 Å². The van der Waals surface area contributed by atoms with Crippen LogP contribution in [0.25, 0.3) is 0 Å². The van der Waals surface area contributed by atoms with Crippen molar-refractivity contribution in [1.82, 2.24) is 4.90 Å². The molecule has 1 aliphatic heterocycles. The van der Waals surface area contributed by atoms with Crippen molar-refractivity contribution in [1.29, 1.82) is 0 Å². The molecule has 0 radical (unpaired) electrons. The van der Waals surface area contributed by atoms with E-state index in [1.165, 1.54) is 4.90 Å². The summed E-state index contributed by atoms with van der Waals surface area (Å²) in [6.07, 6.45) is 5.34. The minimum absolute atomic E-state index is 0.0469. The molecule has 2 atom stereocenters. The molecule has 0 saturated carbocycles. The molecular formula is C15H23NO5. The third kappa shape index (κ3) is 4.12. The van der Waals surface area contributed by atoms with Crippen LogP contribution < -0.4 is 0 Å². The van der Waals surface area contributed by atoms with Crippen molar-refractivity contribution in [3.63, 3.8) is 0 Å². The molecule has 2 unspecified atom stereocenters. The van der Waals surface area contributed by atoms with Gasteiger partial charge in [0.25, 0.3) is 0 Å². The van der Waals surface area contributed by atoms with Gasteiger partial charge in [-0.1, -0.05) is 12.2 Å². The molecule has 1 saturated heterocycles. The number of fused-ring (bicyclic) bond motifs is 1. The third-order valence-corrected chi connectivity index (χ3v) is 3.86. The Bertz CT molecular complexity index is 370. The first-order valence-corrected chi connectivity index (χ1v) is 7.40. The Morgan fingerprint density at radius 1 is 0.952 bits per heavy atom. The molecule has 0 aromatic heterocycles. The zero-order valence-corrected chi connectivity index (χ0v) is 12.5. The molecule has 118 valence electrons. The topological polar surface area (TPSA) is 65.1 Å². The van der Waals surface area contributed by atoms with Gasteiger partial charge in [0.2, 0.25) is 11.8 Å². The lowest BCUT2D eigenvalue weighted by Gasteiger charge is -2.14. The maximum atomic E-state index is 12.2. The molecule has 0 spiro atoms. The first-order chi connectivity index (χ1) is 10.3. The van der Waals surface area contributed by atoms with Crippen LogP contribution in [-0.4, -0.2) is 63.4 Å². The SMILES string of the molecule is COCCOCCOCCN1C(=O)C2CC=CCC2C1=O. The van der Waals surface area contributed by atoms with E-state index in [0.717, 1.165) is 0 Å². The first kappa shape index (κ1) is 16.1. The lowest BCUT2D eigenvalue weighted by molar-refractivity contribution is -0.140. The summed E-state index contributed by atoms with van der Waals surface area (Å²) in [6.45, 7) is 2.74. The van der Waals surface area contributed by atoms with Crippen molar-refractivity contribution in [2.75, 3.05) is 46.7 Å². The minimum Gasteiger partial charge on any atom is -0.382 e. The Balaban J connectivity index is 1.63. The number of amides is 2. The van der Waals surface area contributed by atoms with Crippen molar-refractivity contribution >= 4 is 11.8 Å². The van der Waals surface area contributed by atoms with E-state index in [1.807, 2.05) is 12.2 Å². The Morgan fingerprint density at radius 2 is 1.48 bits per heavy atom. The van der Waals surface area contributed by atoms with E-state index in [2.05, 4.69) is 0 Å². The fourth-order valence-electron chi connectivity index (χ4n) is 2.71. The molecule has 1 heterocycles. The molecule has 6 heteroatoms. The van der Waals surface area contributed by atoms with Crippen LogP contribution in [0.4, 0.5) is 0 Å². The number of imide groups is 1. The molecule has 2 amide bonds. The summed E-state index contributed by atoms with van der Waals surface area (Å²) in [5, 5.41) is 0. The summed E-state index contributed by atoms with van der Waals surface area (Å²) >= 11 is 0. The molecular weight excluding hydrogens is 274 g/mol. The number of hydrogen-bond donors (Lipinski definition) is 0. The highest BCUT2D eigenvalue weighted by Gasteiger charge is 2.46. The average molecular weight is 297 g/mol.